The van der Waals surface area contributed by atoms with Crippen LogP contribution in [-0.2, 0) is 0 Å². The Morgan fingerprint density at radius 3 is 2.81 bits per heavy atom. The topological polar surface area (TPSA) is 21.3 Å². The van der Waals surface area contributed by atoms with Gasteiger partial charge in [-0.3, -0.25) is 0 Å². The Morgan fingerprint density at radius 1 is 1.44 bits per heavy atom. The molecule has 0 bridgehead atoms. The second-order valence-corrected chi connectivity index (χ2v) is 3.82. The van der Waals surface area contributed by atoms with Crippen molar-refractivity contribution in [2.45, 2.75) is 32.2 Å². The Kier molecular flexibility index (Phi) is 5.48. The fraction of sp³-hybridized carbons (Fsp3) is 0.429. The van der Waals surface area contributed by atoms with Gasteiger partial charge in [0, 0.05) is 6.04 Å². The van der Waals surface area contributed by atoms with E-state index in [0.717, 1.165) is 30.7 Å². The number of ether oxygens (including phenoxy) is 1. The van der Waals surface area contributed by atoms with Crippen LogP contribution in [0.1, 0.15) is 26.2 Å². The molecule has 1 unspecified atom stereocenters. The third-order valence-electron chi connectivity index (χ3n) is 2.68. The minimum Gasteiger partial charge on any atom is -0.495 e. The first kappa shape index (κ1) is 12.6. The predicted molar refractivity (Wildman–Crippen MR) is 70.1 cm³/mol. The van der Waals surface area contributed by atoms with Gasteiger partial charge in [-0.2, -0.15) is 0 Å². The highest BCUT2D eigenvalue weighted by Crippen LogP contribution is 2.25. The largest absolute Gasteiger partial charge is 0.495 e. The van der Waals surface area contributed by atoms with Gasteiger partial charge in [-0.25, -0.2) is 0 Å². The smallest absolute Gasteiger partial charge is 0.141 e. The van der Waals surface area contributed by atoms with Crippen molar-refractivity contribution in [3.63, 3.8) is 0 Å². The summed E-state index contributed by atoms with van der Waals surface area (Å²) in [6.45, 7) is 5.95. The summed E-state index contributed by atoms with van der Waals surface area (Å²) in [5.41, 5.74) is 1.07. The van der Waals surface area contributed by atoms with E-state index < -0.39 is 0 Å². The lowest BCUT2D eigenvalue weighted by molar-refractivity contribution is 0.415. The van der Waals surface area contributed by atoms with Crippen LogP contribution in [0.3, 0.4) is 0 Å². The van der Waals surface area contributed by atoms with Crippen molar-refractivity contribution in [2.75, 3.05) is 12.4 Å². The fourth-order valence-electron chi connectivity index (χ4n) is 1.68. The van der Waals surface area contributed by atoms with E-state index in [1.165, 1.54) is 0 Å². The molecule has 0 fully saturated rings. The van der Waals surface area contributed by atoms with Crippen molar-refractivity contribution < 1.29 is 4.74 Å². The highest BCUT2D eigenvalue weighted by atomic mass is 16.5. The van der Waals surface area contributed by atoms with Gasteiger partial charge in [0.1, 0.15) is 5.75 Å². The van der Waals surface area contributed by atoms with Gasteiger partial charge < -0.3 is 10.1 Å². The standard InChI is InChI=1S/C14H21NO/c1-4-6-9-12(5-2)15-13-10-7-8-11-14(13)16-3/h4,7-8,10-12,15H,1,5-6,9H2,2-3H3. The fourth-order valence-corrected chi connectivity index (χ4v) is 1.68. The maximum absolute atomic E-state index is 5.31. The monoisotopic (exact) mass is 219 g/mol. The molecular formula is C14H21NO. The molecule has 0 saturated heterocycles. The van der Waals surface area contributed by atoms with Gasteiger partial charge in [-0.1, -0.05) is 25.1 Å². The third-order valence-corrected chi connectivity index (χ3v) is 2.68. The highest BCUT2D eigenvalue weighted by molar-refractivity contribution is 5.56. The molecule has 1 N–H and O–H groups in total. The zero-order chi connectivity index (χ0) is 11.8. The van der Waals surface area contributed by atoms with E-state index >= 15 is 0 Å². The Balaban J connectivity index is 2.65. The van der Waals surface area contributed by atoms with Crippen molar-refractivity contribution in [3.05, 3.63) is 36.9 Å². The molecule has 16 heavy (non-hydrogen) atoms. The number of methoxy groups -OCH3 is 1. The highest BCUT2D eigenvalue weighted by Gasteiger charge is 2.07. The maximum Gasteiger partial charge on any atom is 0.141 e. The predicted octanol–water partition coefficient (Wildman–Crippen LogP) is 3.85. The third kappa shape index (κ3) is 3.61. The van der Waals surface area contributed by atoms with E-state index in [2.05, 4.69) is 24.9 Å². The summed E-state index contributed by atoms with van der Waals surface area (Å²) in [6.07, 6.45) is 5.22. The molecule has 0 aliphatic heterocycles. The zero-order valence-electron chi connectivity index (χ0n) is 10.2. The van der Waals surface area contributed by atoms with Crippen molar-refractivity contribution in [1.82, 2.24) is 0 Å². The maximum atomic E-state index is 5.31. The summed E-state index contributed by atoms with van der Waals surface area (Å²) in [5.74, 6) is 0.902. The molecule has 0 aromatic heterocycles. The number of rotatable bonds is 7. The first-order chi connectivity index (χ1) is 7.81. The molecule has 0 heterocycles. The minimum absolute atomic E-state index is 0.481. The van der Waals surface area contributed by atoms with E-state index in [1.54, 1.807) is 7.11 Å². The van der Waals surface area contributed by atoms with Crippen LogP contribution < -0.4 is 10.1 Å². The molecule has 0 saturated carbocycles. The van der Waals surface area contributed by atoms with Crippen LogP contribution in [0, 0.1) is 0 Å². The van der Waals surface area contributed by atoms with E-state index in [-0.39, 0.29) is 0 Å². The summed E-state index contributed by atoms with van der Waals surface area (Å²) in [6, 6.07) is 8.51. The van der Waals surface area contributed by atoms with Gasteiger partial charge in [-0.15, -0.1) is 6.58 Å². The van der Waals surface area contributed by atoms with Crippen LogP contribution in [0.25, 0.3) is 0 Å². The molecule has 0 spiro atoms. The molecule has 0 aliphatic carbocycles. The number of hydrogen-bond acceptors (Lipinski definition) is 2. The first-order valence-corrected chi connectivity index (χ1v) is 5.82. The van der Waals surface area contributed by atoms with Gasteiger partial charge in [0.2, 0.25) is 0 Å². The van der Waals surface area contributed by atoms with Crippen molar-refractivity contribution in [1.29, 1.82) is 0 Å². The molecular weight excluding hydrogens is 198 g/mol. The lowest BCUT2D eigenvalue weighted by Gasteiger charge is -2.19. The van der Waals surface area contributed by atoms with Crippen LogP contribution in [0.4, 0.5) is 5.69 Å². The van der Waals surface area contributed by atoms with E-state index in [1.807, 2.05) is 24.3 Å². The SMILES string of the molecule is C=CCCC(CC)Nc1ccccc1OC. The summed E-state index contributed by atoms with van der Waals surface area (Å²) in [4.78, 5) is 0. The van der Waals surface area contributed by atoms with E-state index in [4.69, 9.17) is 4.74 Å². The van der Waals surface area contributed by atoms with Crippen LogP contribution in [-0.4, -0.2) is 13.2 Å². The van der Waals surface area contributed by atoms with Gasteiger partial charge in [-0.05, 0) is 31.4 Å². The average Bonchev–Trinajstić information content (AvgIpc) is 2.34. The van der Waals surface area contributed by atoms with Crippen molar-refractivity contribution >= 4 is 5.69 Å². The number of nitrogens with one attached hydrogen (secondary N) is 1. The molecule has 1 rings (SSSR count). The molecule has 1 atom stereocenters. The van der Waals surface area contributed by atoms with Crippen molar-refractivity contribution in [3.8, 4) is 5.75 Å². The number of anilines is 1. The second kappa shape index (κ2) is 6.94. The van der Waals surface area contributed by atoms with Crippen LogP contribution in [0.15, 0.2) is 36.9 Å². The van der Waals surface area contributed by atoms with E-state index in [0.29, 0.717) is 6.04 Å². The Labute approximate surface area is 98.3 Å². The second-order valence-electron chi connectivity index (χ2n) is 3.82. The lowest BCUT2D eigenvalue weighted by Crippen LogP contribution is -2.18. The first-order valence-electron chi connectivity index (χ1n) is 5.82. The molecule has 0 amide bonds. The van der Waals surface area contributed by atoms with Crippen LogP contribution in [0.5, 0.6) is 5.75 Å². The molecule has 1 aromatic carbocycles. The lowest BCUT2D eigenvalue weighted by atomic mass is 10.1. The van der Waals surface area contributed by atoms with Crippen LogP contribution in [0.2, 0.25) is 0 Å². The summed E-state index contributed by atoms with van der Waals surface area (Å²) >= 11 is 0. The average molecular weight is 219 g/mol. The molecule has 1 aromatic rings. The Hall–Kier alpha value is -1.44. The molecule has 88 valence electrons. The Bertz CT molecular complexity index is 322. The number of benzene rings is 1. The van der Waals surface area contributed by atoms with Gasteiger partial charge in [0.05, 0.1) is 12.8 Å². The molecule has 2 nitrogen and oxygen atoms in total. The number of hydrogen-bond donors (Lipinski definition) is 1. The summed E-state index contributed by atoms with van der Waals surface area (Å²) in [5, 5.41) is 3.51. The number of allylic oxidation sites excluding steroid dienone is 1. The van der Waals surface area contributed by atoms with Gasteiger partial charge >= 0.3 is 0 Å². The zero-order valence-corrected chi connectivity index (χ0v) is 10.2. The minimum atomic E-state index is 0.481. The Morgan fingerprint density at radius 2 is 2.19 bits per heavy atom. The summed E-state index contributed by atoms with van der Waals surface area (Å²) in [7, 11) is 1.70. The van der Waals surface area contributed by atoms with Crippen molar-refractivity contribution in [2.24, 2.45) is 0 Å². The van der Waals surface area contributed by atoms with Gasteiger partial charge in [0.15, 0.2) is 0 Å². The molecule has 0 radical (unpaired) electrons. The van der Waals surface area contributed by atoms with Crippen LogP contribution >= 0.6 is 0 Å². The number of para-hydroxylation sites is 2. The normalized spacial score (nSPS) is 11.9. The quantitative estimate of drug-likeness (QED) is 0.703. The summed E-state index contributed by atoms with van der Waals surface area (Å²) < 4.78 is 5.31. The molecule has 0 aliphatic rings. The van der Waals surface area contributed by atoms with E-state index in [9.17, 15) is 0 Å². The molecule has 2 heteroatoms. The van der Waals surface area contributed by atoms with Gasteiger partial charge in [0.25, 0.3) is 0 Å².